The number of ether oxygens (including phenoxy) is 1. The van der Waals surface area contributed by atoms with Crippen LogP contribution < -0.4 is 10.3 Å². The summed E-state index contributed by atoms with van der Waals surface area (Å²) in [6.45, 7) is 1.92. The number of halogens is 1. The van der Waals surface area contributed by atoms with E-state index in [1.54, 1.807) is 36.2 Å². The minimum atomic E-state index is -0.353. The van der Waals surface area contributed by atoms with Crippen LogP contribution in [0.5, 0.6) is 5.75 Å². The van der Waals surface area contributed by atoms with Crippen LogP contribution in [0.1, 0.15) is 5.69 Å². The standard InChI is InChI=1S/C23H17FN4O2/c1-14-21(15-3-9-18(30-2)10-4-15)22-25-13-19-20(28(22)26-14)11-12-27(23(19)29)17-7-5-16(24)6-8-17/h3-13H,1-2H3. The molecule has 0 bridgehead atoms. The summed E-state index contributed by atoms with van der Waals surface area (Å²) in [5, 5.41) is 5.07. The molecule has 0 amide bonds. The number of fused-ring (bicyclic) bond motifs is 3. The van der Waals surface area contributed by atoms with Crippen LogP contribution in [-0.2, 0) is 0 Å². The van der Waals surface area contributed by atoms with E-state index >= 15 is 0 Å². The van der Waals surface area contributed by atoms with Gasteiger partial charge in [0.2, 0.25) is 0 Å². The van der Waals surface area contributed by atoms with Gasteiger partial charge in [0.05, 0.1) is 23.7 Å². The van der Waals surface area contributed by atoms with Gasteiger partial charge in [-0.3, -0.25) is 9.36 Å². The van der Waals surface area contributed by atoms with Gasteiger partial charge in [0, 0.05) is 23.6 Å². The van der Waals surface area contributed by atoms with Crippen LogP contribution in [0.2, 0.25) is 0 Å². The van der Waals surface area contributed by atoms with Crippen LogP contribution in [-0.4, -0.2) is 26.3 Å². The first-order valence-corrected chi connectivity index (χ1v) is 9.37. The molecular formula is C23H17FN4O2. The summed E-state index contributed by atoms with van der Waals surface area (Å²) < 4.78 is 21.6. The fraction of sp³-hybridized carbons (Fsp3) is 0.0870. The van der Waals surface area contributed by atoms with Crippen LogP contribution >= 0.6 is 0 Å². The molecule has 0 spiro atoms. The number of methoxy groups -OCH3 is 1. The van der Waals surface area contributed by atoms with Gasteiger partial charge in [-0.2, -0.15) is 5.10 Å². The first-order valence-electron chi connectivity index (χ1n) is 9.37. The number of hydrogen-bond acceptors (Lipinski definition) is 4. The molecule has 0 aliphatic heterocycles. The zero-order chi connectivity index (χ0) is 20.8. The molecule has 6 nitrogen and oxygen atoms in total. The first kappa shape index (κ1) is 18.1. The molecule has 0 aliphatic carbocycles. The molecule has 2 aromatic carbocycles. The fourth-order valence-corrected chi connectivity index (χ4v) is 3.68. The van der Waals surface area contributed by atoms with Crippen LogP contribution in [0.3, 0.4) is 0 Å². The third-order valence-electron chi connectivity index (χ3n) is 5.17. The minimum Gasteiger partial charge on any atom is -0.497 e. The lowest BCUT2D eigenvalue weighted by Gasteiger charge is -2.08. The molecule has 0 atom stereocenters. The predicted octanol–water partition coefficient (Wildman–Crippen LogP) is 4.16. The van der Waals surface area contributed by atoms with E-state index in [9.17, 15) is 9.18 Å². The number of benzene rings is 2. The van der Waals surface area contributed by atoms with Crippen molar-refractivity contribution in [1.29, 1.82) is 0 Å². The summed E-state index contributed by atoms with van der Waals surface area (Å²) in [5.74, 6) is 0.418. The maximum atomic E-state index is 13.2. The highest BCUT2D eigenvalue weighted by atomic mass is 19.1. The number of rotatable bonds is 3. The summed E-state index contributed by atoms with van der Waals surface area (Å²) >= 11 is 0. The van der Waals surface area contributed by atoms with E-state index in [4.69, 9.17) is 4.74 Å². The SMILES string of the molecule is COc1ccc(-c2c(C)nn3c2ncc2c(=O)n(-c4ccc(F)cc4)ccc23)cc1. The number of pyridine rings is 1. The Bertz CT molecular complexity index is 1450. The average molecular weight is 400 g/mol. The Balaban J connectivity index is 1.72. The Kier molecular flexibility index (Phi) is 4.10. The highest BCUT2D eigenvalue weighted by molar-refractivity contribution is 5.86. The van der Waals surface area contributed by atoms with Gasteiger partial charge < -0.3 is 4.74 Å². The molecule has 148 valence electrons. The van der Waals surface area contributed by atoms with Gasteiger partial charge >= 0.3 is 0 Å². The molecule has 7 heteroatoms. The van der Waals surface area contributed by atoms with Crippen LogP contribution in [0.25, 0.3) is 33.4 Å². The van der Waals surface area contributed by atoms with Crippen molar-refractivity contribution in [2.75, 3.05) is 7.11 Å². The number of aryl methyl sites for hydroxylation is 1. The molecule has 3 heterocycles. The van der Waals surface area contributed by atoms with Crippen molar-refractivity contribution in [3.63, 3.8) is 0 Å². The van der Waals surface area contributed by atoms with Crippen molar-refractivity contribution < 1.29 is 9.13 Å². The summed E-state index contributed by atoms with van der Waals surface area (Å²) in [7, 11) is 1.63. The van der Waals surface area contributed by atoms with Crippen LogP contribution in [0.15, 0.2) is 71.8 Å². The second-order valence-corrected chi connectivity index (χ2v) is 6.95. The third-order valence-corrected chi connectivity index (χ3v) is 5.17. The molecule has 5 rings (SSSR count). The highest BCUT2D eigenvalue weighted by Crippen LogP contribution is 2.30. The largest absolute Gasteiger partial charge is 0.497 e. The zero-order valence-corrected chi connectivity index (χ0v) is 16.3. The summed E-state index contributed by atoms with van der Waals surface area (Å²) in [6.07, 6.45) is 3.24. The summed E-state index contributed by atoms with van der Waals surface area (Å²) in [5.41, 5.74) is 4.35. The maximum absolute atomic E-state index is 13.2. The molecule has 0 aliphatic rings. The van der Waals surface area contributed by atoms with Gasteiger partial charge in [0.1, 0.15) is 11.6 Å². The van der Waals surface area contributed by atoms with Crippen molar-refractivity contribution in [3.8, 4) is 22.6 Å². The van der Waals surface area contributed by atoms with Crippen LogP contribution in [0.4, 0.5) is 4.39 Å². The molecule has 0 saturated heterocycles. The number of aromatic nitrogens is 4. The Morgan fingerprint density at radius 3 is 2.43 bits per heavy atom. The van der Waals surface area contributed by atoms with Gasteiger partial charge in [-0.1, -0.05) is 12.1 Å². The van der Waals surface area contributed by atoms with Gasteiger partial charge in [-0.05, 0) is 55.0 Å². The highest BCUT2D eigenvalue weighted by Gasteiger charge is 2.16. The third kappa shape index (κ3) is 2.75. The molecule has 30 heavy (non-hydrogen) atoms. The molecule has 0 fully saturated rings. The smallest absolute Gasteiger partial charge is 0.266 e. The van der Waals surface area contributed by atoms with Crippen molar-refractivity contribution in [2.24, 2.45) is 0 Å². The van der Waals surface area contributed by atoms with Gasteiger partial charge in [0.25, 0.3) is 5.56 Å². The molecule has 0 saturated carbocycles. The van der Waals surface area contributed by atoms with E-state index in [0.29, 0.717) is 22.2 Å². The first-order chi connectivity index (χ1) is 14.6. The zero-order valence-electron chi connectivity index (χ0n) is 16.3. The number of hydrogen-bond donors (Lipinski definition) is 0. The Labute approximate surface area is 170 Å². The normalized spacial score (nSPS) is 11.3. The topological polar surface area (TPSA) is 61.4 Å². The predicted molar refractivity (Wildman–Crippen MR) is 113 cm³/mol. The lowest BCUT2D eigenvalue weighted by atomic mass is 10.1. The molecule has 5 aromatic rings. The number of nitrogens with zero attached hydrogens (tertiary/aromatic N) is 4. The second-order valence-electron chi connectivity index (χ2n) is 6.95. The molecular weight excluding hydrogens is 383 g/mol. The fourth-order valence-electron chi connectivity index (χ4n) is 3.68. The molecule has 0 unspecified atom stereocenters. The minimum absolute atomic E-state index is 0.243. The Morgan fingerprint density at radius 1 is 1.00 bits per heavy atom. The van der Waals surface area contributed by atoms with E-state index in [2.05, 4.69) is 10.1 Å². The summed E-state index contributed by atoms with van der Waals surface area (Å²) in [4.78, 5) is 17.6. The Hall–Kier alpha value is -4.00. The molecule has 3 aromatic heterocycles. The van der Waals surface area contributed by atoms with Crippen molar-refractivity contribution in [1.82, 2.24) is 19.2 Å². The van der Waals surface area contributed by atoms with E-state index in [0.717, 1.165) is 22.6 Å². The summed E-state index contributed by atoms with van der Waals surface area (Å²) in [6, 6.07) is 15.3. The second kappa shape index (κ2) is 6.81. The van der Waals surface area contributed by atoms with Gasteiger partial charge in [-0.25, -0.2) is 13.9 Å². The van der Waals surface area contributed by atoms with Gasteiger partial charge in [0.15, 0.2) is 5.65 Å². The molecule has 0 radical (unpaired) electrons. The maximum Gasteiger partial charge on any atom is 0.266 e. The van der Waals surface area contributed by atoms with E-state index in [1.807, 2.05) is 37.3 Å². The molecule has 0 N–H and O–H groups in total. The van der Waals surface area contributed by atoms with Crippen molar-refractivity contribution in [3.05, 3.63) is 88.9 Å². The Morgan fingerprint density at radius 2 is 1.73 bits per heavy atom. The van der Waals surface area contributed by atoms with Crippen molar-refractivity contribution >= 4 is 16.6 Å². The lowest BCUT2D eigenvalue weighted by Crippen LogP contribution is -2.18. The lowest BCUT2D eigenvalue weighted by molar-refractivity contribution is 0.415. The van der Waals surface area contributed by atoms with Crippen LogP contribution in [0, 0.1) is 12.7 Å². The average Bonchev–Trinajstić information content (AvgIpc) is 3.11. The van der Waals surface area contributed by atoms with Crippen molar-refractivity contribution in [2.45, 2.75) is 6.92 Å². The quantitative estimate of drug-likeness (QED) is 0.456. The van der Waals surface area contributed by atoms with E-state index in [1.165, 1.54) is 16.7 Å². The van der Waals surface area contributed by atoms with E-state index < -0.39 is 0 Å². The van der Waals surface area contributed by atoms with Gasteiger partial charge in [-0.15, -0.1) is 0 Å². The van der Waals surface area contributed by atoms with E-state index in [-0.39, 0.29) is 11.4 Å². The monoisotopic (exact) mass is 400 g/mol.